The van der Waals surface area contributed by atoms with Gasteiger partial charge in [-0.1, -0.05) is 42.5 Å². The van der Waals surface area contributed by atoms with Crippen molar-refractivity contribution >= 4 is 0 Å². The maximum absolute atomic E-state index is 10.7. The Morgan fingerprint density at radius 3 is 2.63 bits per heavy atom. The topological polar surface area (TPSA) is 29.5 Å². The Balaban J connectivity index is 2.01. The number of aliphatic hydroxyl groups excluding tert-OH is 1. The van der Waals surface area contributed by atoms with Crippen molar-refractivity contribution in [3.05, 3.63) is 65.2 Å². The second kappa shape index (κ2) is 3.84. The molecular formula is C17H16O2. The molecule has 0 radical (unpaired) electrons. The summed E-state index contributed by atoms with van der Waals surface area (Å²) in [5, 5.41) is 10.7. The molecule has 0 fully saturated rings. The first kappa shape index (κ1) is 11.1. The van der Waals surface area contributed by atoms with Gasteiger partial charge in [-0.15, -0.1) is 0 Å². The van der Waals surface area contributed by atoms with E-state index in [9.17, 15) is 5.11 Å². The molecule has 2 atom stereocenters. The quantitative estimate of drug-likeness (QED) is 0.781. The molecule has 2 heteroatoms. The van der Waals surface area contributed by atoms with Gasteiger partial charge in [0, 0.05) is 5.56 Å². The summed E-state index contributed by atoms with van der Waals surface area (Å²) in [6.07, 6.45) is 1.24. The molecule has 2 aliphatic rings. The molecule has 4 rings (SSSR count). The van der Waals surface area contributed by atoms with Crippen LogP contribution in [0.3, 0.4) is 0 Å². The average Bonchev–Trinajstić information content (AvgIpc) is 2.73. The zero-order chi connectivity index (χ0) is 12.9. The molecule has 1 aliphatic heterocycles. The predicted octanol–water partition coefficient (Wildman–Crippen LogP) is 2.67. The molecule has 0 bridgehead atoms. The third kappa shape index (κ3) is 1.35. The number of fused-ring (bicyclic) bond motifs is 4. The van der Waals surface area contributed by atoms with Crippen LogP contribution < -0.4 is 4.74 Å². The molecule has 96 valence electrons. The summed E-state index contributed by atoms with van der Waals surface area (Å²) in [7, 11) is 0. The zero-order valence-electron chi connectivity index (χ0n) is 10.7. The summed E-state index contributed by atoms with van der Waals surface area (Å²) in [6.45, 7) is 0.669. The number of rotatable bonds is 0. The monoisotopic (exact) mass is 252 g/mol. The molecule has 2 aromatic carbocycles. The van der Waals surface area contributed by atoms with Crippen molar-refractivity contribution in [2.45, 2.75) is 24.4 Å². The van der Waals surface area contributed by atoms with Crippen LogP contribution in [-0.4, -0.2) is 17.8 Å². The molecule has 0 saturated carbocycles. The smallest absolute Gasteiger partial charge is 0.123 e. The number of aliphatic hydroxyl groups is 1. The van der Waals surface area contributed by atoms with E-state index in [2.05, 4.69) is 30.3 Å². The highest BCUT2D eigenvalue weighted by Gasteiger charge is 2.50. The molecule has 1 spiro atoms. The van der Waals surface area contributed by atoms with Gasteiger partial charge in [-0.2, -0.15) is 0 Å². The molecule has 2 aromatic rings. The molecule has 1 N–H and O–H groups in total. The summed E-state index contributed by atoms with van der Waals surface area (Å²) in [4.78, 5) is 0. The SMILES string of the molecule is OC1Cc2ccccc2C12CCOc1ccccc12. The highest BCUT2D eigenvalue weighted by atomic mass is 16.5. The van der Waals surface area contributed by atoms with E-state index in [1.165, 1.54) is 11.1 Å². The van der Waals surface area contributed by atoms with Crippen LogP contribution in [0.4, 0.5) is 0 Å². The van der Waals surface area contributed by atoms with Crippen LogP contribution in [0.1, 0.15) is 23.1 Å². The second-order valence-corrected chi connectivity index (χ2v) is 5.44. The first-order valence-corrected chi connectivity index (χ1v) is 6.81. The van der Waals surface area contributed by atoms with Crippen molar-refractivity contribution in [2.75, 3.05) is 6.61 Å². The lowest BCUT2D eigenvalue weighted by atomic mass is 9.70. The molecule has 0 amide bonds. The Morgan fingerprint density at radius 1 is 1.00 bits per heavy atom. The van der Waals surface area contributed by atoms with Crippen LogP contribution in [0.25, 0.3) is 0 Å². The van der Waals surface area contributed by atoms with Crippen molar-refractivity contribution < 1.29 is 9.84 Å². The fourth-order valence-electron chi connectivity index (χ4n) is 3.74. The number of hydrogen-bond acceptors (Lipinski definition) is 2. The Labute approximate surface area is 112 Å². The van der Waals surface area contributed by atoms with E-state index in [4.69, 9.17) is 4.74 Å². The molecule has 19 heavy (non-hydrogen) atoms. The Kier molecular flexibility index (Phi) is 2.24. The van der Waals surface area contributed by atoms with Gasteiger partial charge in [-0.05, 0) is 30.0 Å². The van der Waals surface area contributed by atoms with Crippen molar-refractivity contribution in [3.63, 3.8) is 0 Å². The average molecular weight is 252 g/mol. The van der Waals surface area contributed by atoms with E-state index in [1.54, 1.807) is 0 Å². The lowest BCUT2D eigenvalue weighted by Crippen LogP contribution is -2.41. The third-order valence-corrected chi connectivity index (χ3v) is 4.60. The summed E-state index contributed by atoms with van der Waals surface area (Å²) in [5.74, 6) is 0.921. The first-order valence-electron chi connectivity index (χ1n) is 6.81. The molecule has 1 heterocycles. The summed E-state index contributed by atoms with van der Waals surface area (Å²) < 4.78 is 5.76. The van der Waals surface area contributed by atoms with Crippen molar-refractivity contribution in [1.29, 1.82) is 0 Å². The molecule has 2 nitrogen and oxygen atoms in total. The fourth-order valence-corrected chi connectivity index (χ4v) is 3.74. The van der Waals surface area contributed by atoms with Crippen molar-refractivity contribution in [2.24, 2.45) is 0 Å². The van der Waals surface area contributed by atoms with E-state index >= 15 is 0 Å². The fraction of sp³-hybridized carbons (Fsp3) is 0.294. The van der Waals surface area contributed by atoms with E-state index in [0.29, 0.717) is 6.61 Å². The first-order chi connectivity index (χ1) is 9.32. The van der Waals surface area contributed by atoms with Gasteiger partial charge in [-0.25, -0.2) is 0 Å². The Hall–Kier alpha value is -1.80. The standard InChI is InChI=1S/C17H16O2/c18-16-11-12-5-1-2-6-13(12)17(16)9-10-19-15-8-4-3-7-14(15)17/h1-8,16,18H,9-11H2. The van der Waals surface area contributed by atoms with Crippen LogP contribution >= 0.6 is 0 Å². The van der Waals surface area contributed by atoms with Gasteiger partial charge in [-0.3, -0.25) is 0 Å². The van der Waals surface area contributed by atoms with Crippen LogP contribution in [0.5, 0.6) is 5.75 Å². The van der Waals surface area contributed by atoms with Crippen LogP contribution in [0.2, 0.25) is 0 Å². The van der Waals surface area contributed by atoms with E-state index < -0.39 is 0 Å². The van der Waals surface area contributed by atoms with E-state index in [1.807, 2.05) is 18.2 Å². The maximum atomic E-state index is 10.7. The Morgan fingerprint density at radius 2 is 1.74 bits per heavy atom. The van der Waals surface area contributed by atoms with Gasteiger partial charge < -0.3 is 9.84 Å². The Bertz CT molecular complexity index is 635. The van der Waals surface area contributed by atoms with Crippen LogP contribution in [-0.2, 0) is 11.8 Å². The molecule has 1 aliphatic carbocycles. The van der Waals surface area contributed by atoms with Crippen molar-refractivity contribution in [3.8, 4) is 5.75 Å². The van der Waals surface area contributed by atoms with Gasteiger partial charge in [0.15, 0.2) is 0 Å². The molecule has 0 saturated heterocycles. The summed E-state index contributed by atoms with van der Waals surface area (Å²) >= 11 is 0. The number of ether oxygens (including phenoxy) is 1. The highest BCUT2D eigenvalue weighted by Crippen LogP contribution is 2.51. The normalized spacial score (nSPS) is 27.7. The van der Waals surface area contributed by atoms with Crippen LogP contribution in [0.15, 0.2) is 48.5 Å². The zero-order valence-corrected chi connectivity index (χ0v) is 10.7. The summed E-state index contributed by atoms with van der Waals surface area (Å²) in [6, 6.07) is 16.5. The van der Waals surface area contributed by atoms with Gasteiger partial charge in [0.1, 0.15) is 5.75 Å². The predicted molar refractivity (Wildman–Crippen MR) is 73.5 cm³/mol. The number of para-hydroxylation sites is 1. The lowest BCUT2D eigenvalue weighted by Gasteiger charge is -2.39. The minimum Gasteiger partial charge on any atom is -0.493 e. The second-order valence-electron chi connectivity index (χ2n) is 5.44. The molecule has 0 aromatic heterocycles. The van der Waals surface area contributed by atoms with Gasteiger partial charge in [0.25, 0.3) is 0 Å². The largest absolute Gasteiger partial charge is 0.493 e. The minimum atomic E-state index is -0.352. The van der Waals surface area contributed by atoms with E-state index in [-0.39, 0.29) is 11.5 Å². The third-order valence-electron chi connectivity index (χ3n) is 4.60. The van der Waals surface area contributed by atoms with Crippen LogP contribution in [0, 0.1) is 0 Å². The van der Waals surface area contributed by atoms with Crippen molar-refractivity contribution in [1.82, 2.24) is 0 Å². The van der Waals surface area contributed by atoms with Gasteiger partial charge >= 0.3 is 0 Å². The number of benzene rings is 2. The highest BCUT2D eigenvalue weighted by molar-refractivity contribution is 5.55. The number of hydrogen-bond donors (Lipinski definition) is 1. The molecule has 2 unspecified atom stereocenters. The maximum Gasteiger partial charge on any atom is 0.123 e. The lowest BCUT2D eigenvalue weighted by molar-refractivity contribution is 0.0867. The van der Waals surface area contributed by atoms with Gasteiger partial charge in [0.05, 0.1) is 18.1 Å². The van der Waals surface area contributed by atoms with E-state index in [0.717, 1.165) is 24.2 Å². The minimum absolute atomic E-state index is 0.272. The summed E-state index contributed by atoms with van der Waals surface area (Å²) in [5.41, 5.74) is 3.41. The van der Waals surface area contributed by atoms with Gasteiger partial charge in [0.2, 0.25) is 0 Å². The molecular weight excluding hydrogens is 236 g/mol.